The molecule has 0 saturated heterocycles. The highest BCUT2D eigenvalue weighted by molar-refractivity contribution is 8.29. The Hall–Kier alpha value is -2.97. The van der Waals surface area contributed by atoms with Crippen LogP contribution >= 0.6 is 23.5 Å². The van der Waals surface area contributed by atoms with Gasteiger partial charge >= 0.3 is 11.9 Å². The summed E-state index contributed by atoms with van der Waals surface area (Å²) in [6.45, 7) is 6.71. The van der Waals surface area contributed by atoms with Crippen molar-refractivity contribution in [1.82, 2.24) is 0 Å². The minimum Gasteiger partial charge on any atom is -0.465 e. The van der Waals surface area contributed by atoms with Crippen LogP contribution in [-0.2, 0) is 25.6 Å². The van der Waals surface area contributed by atoms with Crippen molar-refractivity contribution >= 4 is 52.4 Å². The van der Waals surface area contributed by atoms with E-state index in [1.54, 1.807) is 0 Å². The highest BCUT2D eigenvalue weighted by Crippen LogP contribution is 2.55. The number of carbonyl (C=O) groups excluding carboxylic acids is 2. The molecule has 0 saturated carbocycles. The molecule has 0 atom stereocenters. The van der Waals surface area contributed by atoms with E-state index in [2.05, 4.69) is 37.4 Å². The lowest BCUT2D eigenvalue weighted by atomic mass is 9.83. The van der Waals surface area contributed by atoms with E-state index >= 15 is 0 Å². The number of methoxy groups -OCH3 is 2. The second kappa shape index (κ2) is 9.72. The molecule has 2 aromatic rings. The molecule has 0 bridgehead atoms. The Morgan fingerprint density at radius 2 is 1.59 bits per heavy atom. The molecule has 8 heteroatoms. The SMILES string of the molecule is COC(=O)C1=C(C(=O)OC)SC(=C2C(=NCc3ccccc3)C(C)(C)Nc3ccc(C)cc32)S1. The molecule has 2 aliphatic heterocycles. The van der Waals surface area contributed by atoms with E-state index < -0.39 is 17.5 Å². The van der Waals surface area contributed by atoms with Crippen molar-refractivity contribution in [2.45, 2.75) is 32.9 Å². The maximum atomic E-state index is 12.5. The Labute approximate surface area is 207 Å². The summed E-state index contributed by atoms with van der Waals surface area (Å²) in [6.07, 6.45) is 0. The lowest BCUT2D eigenvalue weighted by Crippen LogP contribution is -2.44. The molecular weight excluding hydrogens is 468 g/mol. The number of ether oxygens (including phenoxy) is 2. The van der Waals surface area contributed by atoms with Gasteiger partial charge < -0.3 is 14.8 Å². The molecule has 4 rings (SSSR count). The molecule has 0 aromatic heterocycles. The van der Waals surface area contributed by atoms with Crippen LogP contribution in [0.2, 0.25) is 0 Å². The number of carbonyl (C=O) groups is 2. The highest BCUT2D eigenvalue weighted by atomic mass is 32.2. The minimum atomic E-state index is -0.561. The summed E-state index contributed by atoms with van der Waals surface area (Å²) in [7, 11) is 2.61. The van der Waals surface area contributed by atoms with E-state index in [4.69, 9.17) is 14.5 Å². The van der Waals surface area contributed by atoms with Crippen molar-refractivity contribution in [2.75, 3.05) is 19.5 Å². The highest BCUT2D eigenvalue weighted by Gasteiger charge is 2.41. The summed E-state index contributed by atoms with van der Waals surface area (Å²) in [5.74, 6) is -1.12. The number of hydrogen-bond acceptors (Lipinski definition) is 8. The summed E-state index contributed by atoms with van der Waals surface area (Å²) >= 11 is 2.47. The normalized spacial score (nSPS) is 18.0. The van der Waals surface area contributed by atoms with Crippen LogP contribution in [0.15, 0.2) is 67.6 Å². The standard InChI is InChI=1S/C26H26N2O4S2/c1-15-11-12-18-17(13-15)19(25-33-20(23(29)31-4)21(34-25)24(30)32-5)22(26(2,3)28-18)27-14-16-9-7-6-8-10-16/h6-13,28H,14H2,1-5H3. The second-order valence-corrected chi connectivity index (χ2v) is 10.8. The molecule has 1 N–H and O–H groups in total. The number of benzene rings is 2. The van der Waals surface area contributed by atoms with E-state index in [0.717, 1.165) is 37.9 Å². The number of nitrogens with zero attached hydrogens (tertiary/aromatic N) is 1. The van der Waals surface area contributed by atoms with E-state index in [0.29, 0.717) is 6.54 Å². The van der Waals surface area contributed by atoms with Crippen LogP contribution in [0.3, 0.4) is 0 Å². The lowest BCUT2D eigenvalue weighted by Gasteiger charge is -2.38. The Balaban J connectivity index is 1.90. The molecule has 2 aliphatic rings. The number of thioether (sulfide) groups is 2. The van der Waals surface area contributed by atoms with Crippen molar-refractivity contribution < 1.29 is 19.1 Å². The molecule has 0 fully saturated rings. The number of esters is 2. The molecule has 6 nitrogen and oxygen atoms in total. The maximum absolute atomic E-state index is 12.5. The lowest BCUT2D eigenvalue weighted by molar-refractivity contribution is -0.138. The van der Waals surface area contributed by atoms with Crippen LogP contribution in [-0.4, -0.2) is 37.4 Å². The third kappa shape index (κ3) is 4.65. The summed E-state index contributed by atoms with van der Waals surface area (Å²) in [5, 5.41) is 3.61. The topological polar surface area (TPSA) is 77.0 Å². The fourth-order valence-corrected chi connectivity index (χ4v) is 6.49. The average Bonchev–Trinajstić information content (AvgIpc) is 3.27. The first-order chi connectivity index (χ1) is 16.2. The number of rotatable bonds is 4. The van der Waals surface area contributed by atoms with Crippen LogP contribution in [0.1, 0.15) is 30.5 Å². The number of aliphatic imine (C=N–C) groups is 1. The van der Waals surface area contributed by atoms with Crippen LogP contribution in [0.25, 0.3) is 5.57 Å². The van der Waals surface area contributed by atoms with E-state index in [-0.39, 0.29) is 9.81 Å². The van der Waals surface area contributed by atoms with E-state index in [9.17, 15) is 9.59 Å². The van der Waals surface area contributed by atoms with Gasteiger partial charge in [-0.1, -0.05) is 65.5 Å². The average molecular weight is 495 g/mol. The minimum absolute atomic E-state index is 0.231. The predicted molar refractivity (Wildman–Crippen MR) is 140 cm³/mol. The number of anilines is 1. The smallest absolute Gasteiger partial charge is 0.346 e. The van der Waals surface area contributed by atoms with Crippen LogP contribution in [0, 0.1) is 6.92 Å². The van der Waals surface area contributed by atoms with Gasteiger partial charge in [-0.3, -0.25) is 4.99 Å². The fourth-order valence-electron chi connectivity index (χ4n) is 3.90. The Morgan fingerprint density at radius 1 is 0.971 bits per heavy atom. The molecule has 0 unspecified atom stereocenters. The van der Waals surface area contributed by atoms with E-state index in [1.165, 1.54) is 37.7 Å². The van der Waals surface area contributed by atoms with Gasteiger partial charge in [0.15, 0.2) is 0 Å². The molecule has 0 radical (unpaired) electrons. The molecule has 34 heavy (non-hydrogen) atoms. The Morgan fingerprint density at radius 3 is 2.18 bits per heavy atom. The molecule has 0 amide bonds. The number of aryl methyl sites for hydroxylation is 1. The van der Waals surface area contributed by atoms with Gasteiger partial charge in [-0.2, -0.15) is 0 Å². The van der Waals surface area contributed by atoms with Crippen molar-refractivity contribution in [3.63, 3.8) is 0 Å². The van der Waals surface area contributed by atoms with Crippen molar-refractivity contribution in [1.29, 1.82) is 0 Å². The second-order valence-electron chi connectivity index (χ2n) is 8.46. The number of nitrogens with one attached hydrogen (secondary N) is 1. The molecule has 176 valence electrons. The Kier molecular flexibility index (Phi) is 6.91. The van der Waals surface area contributed by atoms with Crippen LogP contribution in [0.4, 0.5) is 5.69 Å². The molecular formula is C26H26N2O4S2. The van der Waals surface area contributed by atoms with Crippen molar-refractivity contribution in [3.8, 4) is 0 Å². The molecule has 2 heterocycles. The van der Waals surface area contributed by atoms with Gasteiger partial charge in [0, 0.05) is 16.8 Å². The van der Waals surface area contributed by atoms with Crippen molar-refractivity contribution in [3.05, 3.63) is 79.3 Å². The van der Waals surface area contributed by atoms with Gasteiger partial charge in [-0.25, -0.2) is 9.59 Å². The zero-order chi connectivity index (χ0) is 24.5. The molecule has 0 spiro atoms. The first-order valence-electron chi connectivity index (χ1n) is 10.7. The zero-order valence-electron chi connectivity index (χ0n) is 19.7. The van der Waals surface area contributed by atoms with Crippen molar-refractivity contribution in [2.24, 2.45) is 4.99 Å². The first-order valence-corrected chi connectivity index (χ1v) is 12.4. The molecule has 2 aromatic carbocycles. The third-order valence-electron chi connectivity index (χ3n) is 5.52. The quantitative estimate of drug-likeness (QED) is 0.559. The molecule has 0 aliphatic carbocycles. The summed E-state index contributed by atoms with van der Waals surface area (Å²) in [6, 6.07) is 16.3. The zero-order valence-corrected chi connectivity index (χ0v) is 21.4. The third-order valence-corrected chi connectivity index (χ3v) is 8.08. The van der Waals surface area contributed by atoms with Crippen LogP contribution < -0.4 is 5.32 Å². The predicted octanol–water partition coefficient (Wildman–Crippen LogP) is 5.55. The van der Waals surface area contributed by atoms with Gasteiger partial charge in [0.25, 0.3) is 0 Å². The monoisotopic (exact) mass is 494 g/mol. The first kappa shape index (κ1) is 24.2. The van der Waals surface area contributed by atoms with E-state index in [1.807, 2.05) is 37.3 Å². The van der Waals surface area contributed by atoms with Gasteiger partial charge in [0.05, 0.1) is 36.3 Å². The number of hydrogen-bond donors (Lipinski definition) is 1. The largest absolute Gasteiger partial charge is 0.465 e. The van der Waals surface area contributed by atoms with Crippen LogP contribution in [0.5, 0.6) is 0 Å². The van der Waals surface area contributed by atoms with Gasteiger partial charge in [-0.05, 0) is 38.5 Å². The summed E-state index contributed by atoms with van der Waals surface area (Å²) < 4.78 is 10.7. The number of fused-ring (bicyclic) bond motifs is 1. The van der Waals surface area contributed by atoms with Gasteiger partial charge in [0.2, 0.25) is 0 Å². The summed E-state index contributed by atoms with van der Waals surface area (Å²) in [5.41, 5.74) is 5.44. The summed E-state index contributed by atoms with van der Waals surface area (Å²) in [4.78, 5) is 30.5. The maximum Gasteiger partial charge on any atom is 0.346 e. The Bertz CT molecular complexity index is 1220. The fraction of sp³-hybridized carbons (Fsp3) is 0.269. The van der Waals surface area contributed by atoms with Gasteiger partial charge in [0.1, 0.15) is 9.81 Å². The van der Waals surface area contributed by atoms with Gasteiger partial charge in [-0.15, -0.1) is 0 Å².